The molecule has 100 valence electrons. The van der Waals surface area contributed by atoms with Crippen LogP contribution in [0.5, 0.6) is 0 Å². The van der Waals surface area contributed by atoms with E-state index in [1.165, 1.54) is 0 Å². The molecule has 0 aliphatic carbocycles. The van der Waals surface area contributed by atoms with E-state index < -0.39 is 35.5 Å². The highest BCUT2D eigenvalue weighted by atomic mass is 19.2. The molecule has 0 amide bonds. The Morgan fingerprint density at radius 2 is 1.47 bits per heavy atom. The van der Waals surface area contributed by atoms with Crippen LogP contribution in [-0.2, 0) is 6.54 Å². The quantitative estimate of drug-likeness (QED) is 0.352. The third-order valence-corrected chi connectivity index (χ3v) is 2.51. The topological polar surface area (TPSA) is 3.24 Å². The van der Waals surface area contributed by atoms with Gasteiger partial charge in [-0.05, 0) is 5.56 Å². The van der Waals surface area contributed by atoms with E-state index in [-0.39, 0.29) is 11.2 Å². The van der Waals surface area contributed by atoms with Crippen molar-refractivity contribution in [2.45, 2.75) is 6.54 Å². The zero-order valence-corrected chi connectivity index (χ0v) is 9.51. The van der Waals surface area contributed by atoms with Crippen LogP contribution in [0.1, 0.15) is 5.56 Å². The summed E-state index contributed by atoms with van der Waals surface area (Å²) in [5.74, 6) is -7.41. The van der Waals surface area contributed by atoms with Crippen LogP contribution < -0.4 is 5.12 Å². The van der Waals surface area contributed by atoms with Crippen molar-refractivity contribution in [2.24, 2.45) is 0 Å². The number of nitrogens with zero attached hydrogens (tertiary/aromatic N) is 1. The van der Waals surface area contributed by atoms with Gasteiger partial charge in [0.15, 0.2) is 23.3 Å². The average molecular weight is 273 g/mol. The average Bonchev–Trinajstić information content (AvgIpc) is 2.41. The number of hydrogen-bond acceptors (Lipinski definition) is 1. The first-order valence-corrected chi connectivity index (χ1v) is 5.31. The van der Waals surface area contributed by atoms with E-state index in [1.807, 2.05) is 0 Å². The van der Waals surface area contributed by atoms with Gasteiger partial charge in [-0.25, -0.2) is 22.7 Å². The Kier molecular flexibility index (Phi) is 3.69. The first-order chi connectivity index (χ1) is 9.00. The molecule has 0 aliphatic rings. The van der Waals surface area contributed by atoms with E-state index in [1.54, 1.807) is 30.3 Å². The summed E-state index contributed by atoms with van der Waals surface area (Å²) in [5, 5.41) is -0.184. The van der Waals surface area contributed by atoms with Gasteiger partial charge in [0, 0.05) is 6.07 Å². The Morgan fingerprint density at radius 3 is 2.11 bits per heavy atom. The predicted molar refractivity (Wildman–Crippen MR) is 60.0 cm³/mol. The summed E-state index contributed by atoms with van der Waals surface area (Å²) >= 11 is 0. The monoisotopic (exact) mass is 273 g/mol. The fourth-order valence-corrected chi connectivity index (χ4v) is 1.57. The third kappa shape index (κ3) is 2.67. The maximum absolute atomic E-state index is 13.7. The smallest absolute Gasteiger partial charge is 0.199 e. The van der Waals surface area contributed by atoms with Crippen molar-refractivity contribution in [1.29, 1.82) is 0 Å². The number of benzene rings is 2. The largest absolute Gasteiger partial charge is 0.204 e. The van der Waals surface area contributed by atoms with E-state index in [4.69, 9.17) is 0 Å². The van der Waals surface area contributed by atoms with Gasteiger partial charge in [0.2, 0.25) is 0 Å². The molecule has 0 saturated heterocycles. The molecule has 0 saturated carbocycles. The molecule has 2 rings (SSSR count). The predicted octanol–water partition coefficient (Wildman–Crippen LogP) is 4.13. The van der Waals surface area contributed by atoms with Crippen molar-refractivity contribution < 1.29 is 22.0 Å². The van der Waals surface area contributed by atoms with Gasteiger partial charge in [0.05, 0.1) is 6.54 Å². The fourth-order valence-electron chi connectivity index (χ4n) is 1.57. The zero-order valence-electron chi connectivity index (χ0n) is 9.51. The van der Waals surface area contributed by atoms with Crippen LogP contribution in [0, 0.1) is 23.3 Å². The summed E-state index contributed by atoms with van der Waals surface area (Å²) in [6.07, 6.45) is 0. The standard InChI is InChI=1S/C13H8F5N/c14-9-6-10(12(16)13(17)11(9)15)19(18)7-8-4-2-1-3-5-8/h1-6H,7H2. The highest BCUT2D eigenvalue weighted by molar-refractivity contribution is 5.47. The second-order valence-electron chi connectivity index (χ2n) is 3.83. The molecule has 19 heavy (non-hydrogen) atoms. The molecule has 0 aliphatic heterocycles. The van der Waals surface area contributed by atoms with Crippen molar-refractivity contribution in [3.63, 3.8) is 0 Å². The number of halogens is 5. The minimum absolute atomic E-state index is 0.184. The lowest BCUT2D eigenvalue weighted by Crippen LogP contribution is -2.14. The Bertz CT molecular complexity index is 585. The molecule has 0 unspecified atom stereocenters. The Labute approximate surface area is 105 Å². The van der Waals surface area contributed by atoms with Gasteiger partial charge >= 0.3 is 0 Å². The van der Waals surface area contributed by atoms with Crippen molar-refractivity contribution >= 4 is 5.69 Å². The van der Waals surface area contributed by atoms with Gasteiger partial charge in [0.1, 0.15) is 5.69 Å². The van der Waals surface area contributed by atoms with E-state index in [2.05, 4.69) is 0 Å². The fraction of sp³-hybridized carbons (Fsp3) is 0.0769. The van der Waals surface area contributed by atoms with Crippen molar-refractivity contribution in [1.82, 2.24) is 0 Å². The highest BCUT2D eigenvalue weighted by Gasteiger charge is 2.22. The molecular formula is C13H8F5N. The van der Waals surface area contributed by atoms with Gasteiger partial charge in [-0.1, -0.05) is 34.8 Å². The van der Waals surface area contributed by atoms with Crippen LogP contribution in [0.25, 0.3) is 0 Å². The molecule has 0 radical (unpaired) electrons. The molecule has 0 N–H and O–H groups in total. The maximum atomic E-state index is 13.7. The number of rotatable bonds is 3. The van der Waals surface area contributed by atoms with E-state index >= 15 is 0 Å². The SMILES string of the molecule is Fc1cc(N(F)Cc2ccccc2)c(F)c(F)c1F. The lowest BCUT2D eigenvalue weighted by molar-refractivity contribution is 0.383. The summed E-state index contributed by atoms with van der Waals surface area (Å²) in [5.41, 5.74) is -0.519. The first-order valence-electron chi connectivity index (χ1n) is 5.31. The molecule has 2 aromatic carbocycles. The minimum atomic E-state index is -2.04. The number of hydrogen-bond donors (Lipinski definition) is 0. The summed E-state index contributed by atoms with van der Waals surface area (Å²) in [6, 6.07) is 8.35. The highest BCUT2D eigenvalue weighted by Crippen LogP contribution is 2.27. The number of anilines is 1. The lowest BCUT2D eigenvalue weighted by atomic mass is 10.2. The molecule has 0 aromatic heterocycles. The Hall–Kier alpha value is -2.11. The van der Waals surface area contributed by atoms with Crippen molar-refractivity contribution in [3.05, 3.63) is 65.2 Å². The van der Waals surface area contributed by atoms with Gasteiger partial charge in [-0.15, -0.1) is 0 Å². The van der Waals surface area contributed by atoms with Gasteiger partial charge < -0.3 is 0 Å². The molecule has 0 bridgehead atoms. The second kappa shape index (κ2) is 5.26. The summed E-state index contributed by atoms with van der Waals surface area (Å²) < 4.78 is 65.7. The first kappa shape index (κ1) is 13.3. The van der Waals surface area contributed by atoms with Crippen LogP contribution in [0.3, 0.4) is 0 Å². The Morgan fingerprint density at radius 1 is 0.842 bits per heavy atom. The molecule has 2 aromatic rings. The van der Waals surface area contributed by atoms with Crippen molar-refractivity contribution in [3.8, 4) is 0 Å². The van der Waals surface area contributed by atoms with Gasteiger partial charge in [-0.2, -0.15) is 0 Å². The molecule has 0 spiro atoms. The lowest BCUT2D eigenvalue weighted by Gasteiger charge is -2.15. The van der Waals surface area contributed by atoms with Gasteiger partial charge in [-0.3, -0.25) is 0 Å². The molecule has 6 heteroatoms. The zero-order chi connectivity index (χ0) is 14.0. The summed E-state index contributed by atoms with van der Waals surface area (Å²) in [4.78, 5) is 0. The van der Waals surface area contributed by atoms with Crippen LogP contribution in [0.4, 0.5) is 27.7 Å². The van der Waals surface area contributed by atoms with E-state index in [0.717, 1.165) is 0 Å². The summed E-state index contributed by atoms with van der Waals surface area (Å²) in [6.45, 7) is -0.414. The molecule has 0 atom stereocenters. The molecule has 0 heterocycles. The van der Waals surface area contributed by atoms with E-state index in [0.29, 0.717) is 5.56 Å². The molecule has 0 fully saturated rings. The maximum Gasteiger partial charge on any atom is 0.199 e. The van der Waals surface area contributed by atoms with Crippen LogP contribution in [0.2, 0.25) is 0 Å². The molecule has 1 nitrogen and oxygen atoms in total. The third-order valence-electron chi connectivity index (χ3n) is 2.51. The van der Waals surface area contributed by atoms with E-state index in [9.17, 15) is 22.0 Å². The van der Waals surface area contributed by atoms with Gasteiger partial charge in [0.25, 0.3) is 0 Å². The normalized spacial score (nSPS) is 10.6. The van der Waals surface area contributed by atoms with Crippen LogP contribution in [0.15, 0.2) is 36.4 Å². The van der Waals surface area contributed by atoms with Crippen molar-refractivity contribution in [2.75, 3.05) is 5.12 Å². The Balaban J connectivity index is 2.32. The van der Waals surface area contributed by atoms with Crippen LogP contribution >= 0.6 is 0 Å². The summed E-state index contributed by atoms with van der Waals surface area (Å²) in [7, 11) is 0. The minimum Gasteiger partial charge on any atom is -0.204 e. The molecular weight excluding hydrogens is 265 g/mol. The second-order valence-corrected chi connectivity index (χ2v) is 3.83. The van der Waals surface area contributed by atoms with Crippen LogP contribution in [-0.4, -0.2) is 0 Å².